The van der Waals surface area contributed by atoms with Crippen molar-refractivity contribution in [1.29, 1.82) is 0 Å². The van der Waals surface area contributed by atoms with Gasteiger partial charge < -0.3 is 9.80 Å². The van der Waals surface area contributed by atoms with Crippen molar-refractivity contribution in [3.05, 3.63) is 30.1 Å². The SMILES string of the molecule is O=C(CN1CCCCC1)N1CCC2(CCC(=O)N(Cc3ccncc3)C2)CC1. The monoisotopic (exact) mass is 384 g/mol. The zero-order valence-electron chi connectivity index (χ0n) is 16.8. The Morgan fingerprint density at radius 1 is 1.00 bits per heavy atom. The average Bonchev–Trinajstić information content (AvgIpc) is 2.73. The standard InChI is InChI=1S/C22H32N4O2/c27-20-4-7-22(18-26(20)16-19-5-10-23-11-6-19)8-14-25(15-9-22)21(28)17-24-12-2-1-3-13-24/h5-6,10-11H,1-4,7-9,12-18H2. The summed E-state index contributed by atoms with van der Waals surface area (Å²) < 4.78 is 0. The van der Waals surface area contributed by atoms with Crippen molar-refractivity contribution in [3.63, 3.8) is 0 Å². The fourth-order valence-electron chi connectivity index (χ4n) is 5.00. The number of rotatable bonds is 4. The molecule has 152 valence electrons. The van der Waals surface area contributed by atoms with Gasteiger partial charge in [0.05, 0.1) is 6.54 Å². The summed E-state index contributed by atoms with van der Waals surface area (Å²) in [4.78, 5) is 35.6. The molecular formula is C22H32N4O2. The van der Waals surface area contributed by atoms with Crippen molar-refractivity contribution >= 4 is 11.8 Å². The van der Waals surface area contributed by atoms with E-state index in [1.165, 1.54) is 19.3 Å². The van der Waals surface area contributed by atoms with Crippen LogP contribution in [0.15, 0.2) is 24.5 Å². The number of piperidine rings is 3. The Balaban J connectivity index is 1.31. The minimum Gasteiger partial charge on any atom is -0.342 e. The second kappa shape index (κ2) is 8.60. The third kappa shape index (κ3) is 4.54. The van der Waals surface area contributed by atoms with Crippen LogP contribution in [0.4, 0.5) is 0 Å². The van der Waals surface area contributed by atoms with Gasteiger partial charge in [-0.15, -0.1) is 0 Å². The van der Waals surface area contributed by atoms with Gasteiger partial charge in [-0.1, -0.05) is 6.42 Å². The van der Waals surface area contributed by atoms with Crippen LogP contribution >= 0.6 is 0 Å². The molecule has 1 spiro atoms. The molecule has 1 aromatic heterocycles. The van der Waals surface area contributed by atoms with Gasteiger partial charge >= 0.3 is 0 Å². The van der Waals surface area contributed by atoms with Crippen molar-refractivity contribution in [3.8, 4) is 0 Å². The minimum absolute atomic E-state index is 0.183. The Morgan fingerprint density at radius 3 is 2.43 bits per heavy atom. The predicted octanol–water partition coefficient (Wildman–Crippen LogP) is 2.30. The van der Waals surface area contributed by atoms with Crippen molar-refractivity contribution in [2.24, 2.45) is 5.41 Å². The summed E-state index contributed by atoms with van der Waals surface area (Å²) in [6.07, 6.45) is 10.9. The van der Waals surface area contributed by atoms with Crippen molar-refractivity contribution < 1.29 is 9.59 Å². The molecule has 3 aliphatic rings. The molecule has 0 aromatic carbocycles. The molecule has 4 rings (SSSR count). The summed E-state index contributed by atoms with van der Waals surface area (Å²) in [7, 11) is 0. The summed E-state index contributed by atoms with van der Waals surface area (Å²) in [5, 5.41) is 0. The Labute approximate surface area is 167 Å². The van der Waals surface area contributed by atoms with Gasteiger partial charge in [0.1, 0.15) is 0 Å². The fourth-order valence-corrected chi connectivity index (χ4v) is 5.00. The lowest BCUT2D eigenvalue weighted by molar-refractivity contribution is -0.143. The first kappa shape index (κ1) is 19.4. The van der Waals surface area contributed by atoms with E-state index in [-0.39, 0.29) is 17.2 Å². The fraction of sp³-hybridized carbons (Fsp3) is 0.682. The molecule has 28 heavy (non-hydrogen) atoms. The van der Waals surface area contributed by atoms with E-state index in [0.717, 1.165) is 57.5 Å². The molecule has 0 aliphatic carbocycles. The highest BCUT2D eigenvalue weighted by Gasteiger charge is 2.41. The van der Waals surface area contributed by atoms with Gasteiger partial charge in [-0.05, 0) is 68.3 Å². The first-order valence-electron chi connectivity index (χ1n) is 10.8. The van der Waals surface area contributed by atoms with Crippen LogP contribution in [0.2, 0.25) is 0 Å². The molecule has 0 saturated carbocycles. The number of amides is 2. The molecule has 3 aliphatic heterocycles. The number of hydrogen-bond acceptors (Lipinski definition) is 4. The highest BCUT2D eigenvalue weighted by Crippen LogP contribution is 2.40. The van der Waals surface area contributed by atoms with Crippen LogP contribution in [-0.2, 0) is 16.1 Å². The molecule has 0 atom stereocenters. The van der Waals surface area contributed by atoms with E-state index in [1.54, 1.807) is 12.4 Å². The van der Waals surface area contributed by atoms with Gasteiger partial charge in [0.2, 0.25) is 11.8 Å². The Bertz CT molecular complexity index is 679. The molecule has 6 nitrogen and oxygen atoms in total. The molecule has 3 fully saturated rings. The van der Waals surface area contributed by atoms with Gasteiger partial charge in [-0.25, -0.2) is 0 Å². The normalized spacial score (nSPS) is 23.2. The average molecular weight is 385 g/mol. The molecule has 6 heteroatoms. The topological polar surface area (TPSA) is 56.8 Å². The van der Waals surface area contributed by atoms with E-state index < -0.39 is 0 Å². The molecule has 1 aromatic rings. The largest absolute Gasteiger partial charge is 0.342 e. The summed E-state index contributed by atoms with van der Waals surface area (Å²) in [5.74, 6) is 0.545. The maximum atomic E-state index is 12.7. The summed E-state index contributed by atoms with van der Waals surface area (Å²) in [6.45, 7) is 5.88. The molecule has 0 radical (unpaired) electrons. The smallest absolute Gasteiger partial charge is 0.236 e. The van der Waals surface area contributed by atoms with Crippen LogP contribution in [0.3, 0.4) is 0 Å². The molecule has 4 heterocycles. The summed E-state index contributed by atoms with van der Waals surface area (Å²) in [6, 6.07) is 3.97. The highest BCUT2D eigenvalue weighted by molar-refractivity contribution is 5.79. The molecule has 2 amide bonds. The number of aromatic nitrogens is 1. The summed E-state index contributed by atoms with van der Waals surface area (Å²) >= 11 is 0. The van der Waals surface area contributed by atoms with E-state index in [2.05, 4.69) is 14.8 Å². The summed E-state index contributed by atoms with van der Waals surface area (Å²) in [5.41, 5.74) is 1.32. The molecular weight excluding hydrogens is 352 g/mol. The molecule has 0 unspecified atom stereocenters. The second-order valence-corrected chi connectivity index (χ2v) is 8.82. The minimum atomic E-state index is 0.183. The van der Waals surface area contributed by atoms with Gasteiger partial charge in [-0.3, -0.25) is 19.5 Å². The van der Waals surface area contributed by atoms with Crippen LogP contribution in [0.1, 0.15) is 50.5 Å². The quantitative estimate of drug-likeness (QED) is 0.799. The van der Waals surface area contributed by atoms with E-state index in [0.29, 0.717) is 19.5 Å². The number of likely N-dealkylation sites (tertiary alicyclic amines) is 3. The molecule has 0 N–H and O–H groups in total. The molecule has 3 saturated heterocycles. The van der Waals surface area contributed by atoms with Gasteiger partial charge in [0.15, 0.2) is 0 Å². The first-order valence-corrected chi connectivity index (χ1v) is 10.8. The van der Waals surface area contributed by atoms with E-state index >= 15 is 0 Å². The maximum absolute atomic E-state index is 12.7. The lowest BCUT2D eigenvalue weighted by Gasteiger charge is -2.47. The van der Waals surface area contributed by atoms with Crippen LogP contribution in [0.25, 0.3) is 0 Å². The Kier molecular flexibility index (Phi) is 5.95. The lowest BCUT2D eigenvalue weighted by atomic mass is 9.72. The first-order chi connectivity index (χ1) is 13.6. The van der Waals surface area contributed by atoms with Crippen LogP contribution < -0.4 is 0 Å². The Hall–Kier alpha value is -1.95. The van der Waals surface area contributed by atoms with Crippen molar-refractivity contribution in [1.82, 2.24) is 19.7 Å². The third-order valence-corrected chi connectivity index (χ3v) is 6.86. The second-order valence-electron chi connectivity index (χ2n) is 8.82. The lowest BCUT2D eigenvalue weighted by Crippen LogP contribution is -2.53. The zero-order valence-corrected chi connectivity index (χ0v) is 16.8. The third-order valence-electron chi connectivity index (χ3n) is 6.86. The van der Waals surface area contributed by atoms with E-state index in [4.69, 9.17) is 0 Å². The predicted molar refractivity (Wildman–Crippen MR) is 107 cm³/mol. The number of carbonyl (C=O) groups excluding carboxylic acids is 2. The molecule has 0 bridgehead atoms. The van der Waals surface area contributed by atoms with Gasteiger partial charge in [0, 0.05) is 45.0 Å². The number of nitrogens with zero attached hydrogens (tertiary/aromatic N) is 4. The number of carbonyl (C=O) groups is 2. The number of hydrogen-bond donors (Lipinski definition) is 0. The maximum Gasteiger partial charge on any atom is 0.236 e. The van der Waals surface area contributed by atoms with Crippen molar-refractivity contribution in [2.45, 2.75) is 51.5 Å². The van der Waals surface area contributed by atoms with E-state index in [1.807, 2.05) is 17.0 Å². The van der Waals surface area contributed by atoms with Crippen LogP contribution in [0.5, 0.6) is 0 Å². The number of pyridine rings is 1. The van der Waals surface area contributed by atoms with Gasteiger partial charge in [-0.2, -0.15) is 0 Å². The zero-order chi connectivity index (χ0) is 19.4. The van der Waals surface area contributed by atoms with Crippen LogP contribution in [-0.4, -0.2) is 70.8 Å². The highest BCUT2D eigenvalue weighted by atomic mass is 16.2. The van der Waals surface area contributed by atoms with Gasteiger partial charge in [0.25, 0.3) is 0 Å². The Morgan fingerprint density at radius 2 is 1.71 bits per heavy atom. The van der Waals surface area contributed by atoms with Crippen LogP contribution in [0, 0.1) is 5.41 Å². The van der Waals surface area contributed by atoms with E-state index in [9.17, 15) is 9.59 Å². The van der Waals surface area contributed by atoms with Crippen molar-refractivity contribution in [2.75, 3.05) is 39.3 Å².